The molecule has 7 heteroatoms. The first-order chi connectivity index (χ1) is 13.3. The number of nitrogens with one attached hydrogen (secondary N) is 2. The Morgan fingerprint density at radius 3 is 2.18 bits per heavy atom. The quantitative estimate of drug-likeness (QED) is 0.443. The van der Waals surface area contributed by atoms with E-state index in [0.717, 1.165) is 5.56 Å². The van der Waals surface area contributed by atoms with Crippen LogP contribution in [0, 0.1) is 5.92 Å². The molecule has 2 N–H and O–H groups in total. The second-order valence-corrected chi connectivity index (χ2v) is 7.10. The van der Waals surface area contributed by atoms with E-state index in [4.69, 9.17) is 4.74 Å². The van der Waals surface area contributed by atoms with Crippen molar-refractivity contribution >= 4 is 23.6 Å². The van der Waals surface area contributed by atoms with Crippen LogP contribution in [0.2, 0.25) is 0 Å². The molecule has 0 saturated carbocycles. The molecule has 0 aromatic heterocycles. The van der Waals surface area contributed by atoms with Crippen LogP contribution in [0.25, 0.3) is 0 Å². The van der Waals surface area contributed by atoms with Gasteiger partial charge in [-0.2, -0.15) is 0 Å². The van der Waals surface area contributed by atoms with Crippen molar-refractivity contribution in [3.8, 4) is 0 Å². The van der Waals surface area contributed by atoms with Crippen molar-refractivity contribution in [2.45, 2.75) is 58.5 Å². The highest BCUT2D eigenvalue weighted by atomic mass is 16.5. The van der Waals surface area contributed by atoms with Crippen LogP contribution < -0.4 is 10.6 Å². The third-order valence-electron chi connectivity index (χ3n) is 4.14. The highest BCUT2D eigenvalue weighted by Crippen LogP contribution is 2.09. The van der Waals surface area contributed by atoms with Gasteiger partial charge in [0.15, 0.2) is 0 Å². The second kappa shape index (κ2) is 11.9. The van der Waals surface area contributed by atoms with Crippen LogP contribution in [-0.2, 0) is 30.3 Å². The molecule has 0 spiro atoms. The Morgan fingerprint density at radius 2 is 1.64 bits per heavy atom. The molecular weight excluding hydrogens is 360 g/mol. The molecule has 1 aromatic carbocycles. The minimum absolute atomic E-state index is 0.100. The Kier molecular flexibility index (Phi) is 9.92. The van der Waals surface area contributed by atoms with Crippen molar-refractivity contribution < 1.29 is 23.9 Å². The fraction of sp³-hybridized carbons (Fsp3) is 0.524. The summed E-state index contributed by atoms with van der Waals surface area (Å²) in [6.45, 7) is 5.61. The van der Waals surface area contributed by atoms with E-state index < -0.39 is 35.7 Å². The largest absolute Gasteiger partial charge is 0.467 e. The van der Waals surface area contributed by atoms with Gasteiger partial charge in [0.25, 0.3) is 5.91 Å². The number of Topliss-reactive ketones (excluding diaryl/α,β-unsaturated/α-hetero) is 1. The van der Waals surface area contributed by atoms with Gasteiger partial charge < -0.3 is 15.4 Å². The molecule has 0 aliphatic heterocycles. The molecule has 154 valence electrons. The summed E-state index contributed by atoms with van der Waals surface area (Å²) in [4.78, 5) is 48.8. The lowest BCUT2D eigenvalue weighted by Crippen LogP contribution is -2.53. The Labute approximate surface area is 166 Å². The molecule has 1 aromatic rings. The van der Waals surface area contributed by atoms with Gasteiger partial charge >= 0.3 is 5.97 Å². The summed E-state index contributed by atoms with van der Waals surface area (Å²) in [5.74, 6) is -2.33. The van der Waals surface area contributed by atoms with Gasteiger partial charge in [0, 0.05) is 12.8 Å². The highest BCUT2D eigenvalue weighted by Gasteiger charge is 2.29. The Balaban J connectivity index is 2.90. The molecule has 0 unspecified atom stereocenters. The van der Waals surface area contributed by atoms with Crippen molar-refractivity contribution in [3.05, 3.63) is 35.9 Å². The number of ether oxygens (including phenoxy) is 1. The summed E-state index contributed by atoms with van der Waals surface area (Å²) in [5, 5.41) is 5.16. The Morgan fingerprint density at radius 1 is 1.00 bits per heavy atom. The summed E-state index contributed by atoms with van der Waals surface area (Å²) >= 11 is 0. The summed E-state index contributed by atoms with van der Waals surface area (Å²) in [6, 6.07) is 7.43. The number of esters is 1. The van der Waals surface area contributed by atoms with Crippen LogP contribution in [0.4, 0.5) is 0 Å². The molecule has 2 amide bonds. The zero-order valence-corrected chi connectivity index (χ0v) is 17.0. The zero-order valence-electron chi connectivity index (χ0n) is 17.0. The average Bonchev–Trinajstić information content (AvgIpc) is 2.66. The first-order valence-electron chi connectivity index (χ1n) is 9.54. The van der Waals surface area contributed by atoms with Gasteiger partial charge in [-0.15, -0.1) is 0 Å². The van der Waals surface area contributed by atoms with Crippen LogP contribution in [0.1, 0.15) is 45.6 Å². The van der Waals surface area contributed by atoms with Gasteiger partial charge in [0.05, 0.1) is 7.11 Å². The fourth-order valence-electron chi connectivity index (χ4n) is 2.74. The minimum Gasteiger partial charge on any atom is -0.467 e. The van der Waals surface area contributed by atoms with Gasteiger partial charge in [0.2, 0.25) is 11.7 Å². The average molecular weight is 390 g/mol. The molecule has 0 radical (unpaired) electrons. The van der Waals surface area contributed by atoms with Crippen LogP contribution >= 0.6 is 0 Å². The van der Waals surface area contributed by atoms with E-state index in [9.17, 15) is 19.2 Å². The summed E-state index contributed by atoms with van der Waals surface area (Å²) in [7, 11) is 1.25. The summed E-state index contributed by atoms with van der Waals surface area (Å²) in [6.07, 6.45) is 1.28. The molecule has 7 nitrogen and oxygen atoms in total. The Bertz CT molecular complexity index is 673. The Hall–Kier alpha value is -2.70. The number of carbonyl (C=O) groups is 4. The third-order valence-corrected chi connectivity index (χ3v) is 4.14. The van der Waals surface area contributed by atoms with Gasteiger partial charge in [-0.05, 0) is 24.3 Å². The van der Waals surface area contributed by atoms with Crippen LogP contribution in [0.5, 0.6) is 0 Å². The molecule has 2 atom stereocenters. The first-order valence-corrected chi connectivity index (χ1v) is 9.54. The lowest BCUT2D eigenvalue weighted by molar-refractivity contribution is -0.145. The van der Waals surface area contributed by atoms with E-state index in [1.165, 1.54) is 7.11 Å². The summed E-state index contributed by atoms with van der Waals surface area (Å²) in [5.41, 5.74) is 0.862. The van der Waals surface area contributed by atoms with Gasteiger partial charge in [-0.3, -0.25) is 14.4 Å². The van der Waals surface area contributed by atoms with Crippen molar-refractivity contribution in [1.29, 1.82) is 0 Å². The van der Waals surface area contributed by atoms with Crippen molar-refractivity contribution in [2.75, 3.05) is 7.11 Å². The van der Waals surface area contributed by atoms with Gasteiger partial charge in [-0.25, -0.2) is 4.79 Å². The molecule has 1 rings (SSSR count). The van der Waals surface area contributed by atoms with E-state index in [0.29, 0.717) is 12.8 Å². The number of rotatable bonds is 11. The van der Waals surface area contributed by atoms with Crippen molar-refractivity contribution in [1.82, 2.24) is 10.6 Å². The molecule has 0 heterocycles. The molecular formula is C21H30N2O5. The summed E-state index contributed by atoms with van der Waals surface area (Å²) < 4.78 is 4.80. The zero-order chi connectivity index (χ0) is 21.1. The topological polar surface area (TPSA) is 102 Å². The highest BCUT2D eigenvalue weighted by molar-refractivity contribution is 6.36. The van der Waals surface area contributed by atoms with Crippen molar-refractivity contribution in [2.24, 2.45) is 5.92 Å². The molecule has 0 saturated heterocycles. The van der Waals surface area contributed by atoms with Gasteiger partial charge in [-0.1, -0.05) is 51.1 Å². The number of ketones is 1. The van der Waals surface area contributed by atoms with Crippen molar-refractivity contribution in [3.63, 3.8) is 0 Å². The molecule has 28 heavy (non-hydrogen) atoms. The van der Waals surface area contributed by atoms with Gasteiger partial charge in [0.1, 0.15) is 12.1 Å². The maximum Gasteiger partial charge on any atom is 0.328 e. The predicted octanol–water partition coefficient (Wildman–Crippen LogP) is 1.79. The van der Waals surface area contributed by atoms with E-state index in [1.54, 1.807) is 6.92 Å². The number of amides is 2. The van der Waals surface area contributed by atoms with Crippen LogP contribution in [-0.4, -0.2) is 42.8 Å². The monoisotopic (exact) mass is 390 g/mol. The maximum atomic E-state index is 12.8. The number of methoxy groups -OCH3 is 1. The van der Waals surface area contributed by atoms with E-state index in [2.05, 4.69) is 10.6 Å². The standard InChI is InChI=1S/C21H30N2O5/c1-5-9-18(24)20(26)22-16(12-14(2)3)19(25)23-17(21(27)28-4)13-15-10-7-6-8-11-15/h6-8,10-11,14,16-17H,5,9,12-13H2,1-4H3,(H,22,26)(H,23,25)/t16-,17-/m0/s1. The van der Waals surface area contributed by atoms with E-state index >= 15 is 0 Å². The van der Waals surface area contributed by atoms with E-state index in [-0.39, 0.29) is 18.8 Å². The molecule has 0 aliphatic carbocycles. The smallest absolute Gasteiger partial charge is 0.328 e. The van der Waals surface area contributed by atoms with Crippen LogP contribution in [0.3, 0.4) is 0 Å². The predicted molar refractivity (Wildman–Crippen MR) is 105 cm³/mol. The molecule has 0 aliphatic rings. The lowest BCUT2D eigenvalue weighted by Gasteiger charge is -2.23. The number of hydrogen-bond donors (Lipinski definition) is 2. The normalized spacial score (nSPS) is 12.8. The number of hydrogen-bond acceptors (Lipinski definition) is 5. The lowest BCUT2D eigenvalue weighted by atomic mass is 10.0. The maximum absolute atomic E-state index is 12.8. The number of carbonyl (C=O) groups excluding carboxylic acids is 4. The number of benzene rings is 1. The third kappa shape index (κ3) is 7.90. The SMILES string of the molecule is CCCC(=O)C(=O)N[C@@H](CC(C)C)C(=O)N[C@@H](Cc1ccccc1)C(=O)OC. The first kappa shape index (κ1) is 23.3. The minimum atomic E-state index is -0.906. The van der Waals surface area contributed by atoms with E-state index in [1.807, 2.05) is 44.2 Å². The molecule has 0 bridgehead atoms. The fourth-order valence-corrected chi connectivity index (χ4v) is 2.74. The second-order valence-electron chi connectivity index (χ2n) is 7.10. The van der Waals surface area contributed by atoms with Crippen LogP contribution in [0.15, 0.2) is 30.3 Å². The molecule has 0 fully saturated rings.